The Kier molecular flexibility index (Phi) is 6.35. The average Bonchev–Trinajstić information content (AvgIpc) is 2.61. The predicted octanol–water partition coefficient (Wildman–Crippen LogP) is 0.0233. The fourth-order valence-corrected chi connectivity index (χ4v) is 2.37. The van der Waals surface area contributed by atoms with E-state index in [0.717, 1.165) is 0 Å². The highest BCUT2D eigenvalue weighted by Crippen LogP contribution is 2.31. The van der Waals surface area contributed by atoms with Gasteiger partial charge in [-0.3, -0.25) is 0 Å². The van der Waals surface area contributed by atoms with Gasteiger partial charge in [-0.15, -0.1) is 0 Å². The molecule has 1 unspecified atom stereocenters. The first-order chi connectivity index (χ1) is 11.4. The van der Waals surface area contributed by atoms with Crippen LogP contribution in [0, 0.1) is 11.8 Å². The molecule has 0 aliphatic carbocycles. The standard InChI is InChI=1S/C18H24O6/c1-3-12(2)23-17-18(22,10-9-13-7-5-4-6-8-13)16(21)15(20)14(11-19)24-17/h4-8,12,14-17,19-22H,3,11H2,1-2H3/t12?,14-,15-,16+,17+,18+/m1/s1. The van der Waals surface area contributed by atoms with Crippen LogP contribution in [0.4, 0.5) is 0 Å². The van der Waals surface area contributed by atoms with Crippen LogP contribution in [-0.4, -0.2) is 63.3 Å². The average molecular weight is 336 g/mol. The molecule has 2 rings (SSSR count). The van der Waals surface area contributed by atoms with Crippen molar-refractivity contribution in [3.63, 3.8) is 0 Å². The van der Waals surface area contributed by atoms with Gasteiger partial charge in [0.05, 0.1) is 12.7 Å². The van der Waals surface area contributed by atoms with Gasteiger partial charge in [0.25, 0.3) is 0 Å². The van der Waals surface area contributed by atoms with E-state index in [4.69, 9.17) is 9.47 Å². The molecule has 0 bridgehead atoms. The summed E-state index contributed by atoms with van der Waals surface area (Å²) < 4.78 is 11.1. The van der Waals surface area contributed by atoms with Crippen molar-refractivity contribution in [3.05, 3.63) is 35.9 Å². The maximum Gasteiger partial charge on any atom is 0.205 e. The SMILES string of the molecule is CCC(C)O[C@H]1O[C@H](CO)[C@@H](O)[C@H](O)[C@@]1(O)C#Cc1ccccc1. The van der Waals surface area contributed by atoms with Crippen molar-refractivity contribution >= 4 is 0 Å². The van der Waals surface area contributed by atoms with E-state index in [0.29, 0.717) is 12.0 Å². The smallest absolute Gasteiger partial charge is 0.205 e. The van der Waals surface area contributed by atoms with Crippen molar-refractivity contribution in [2.75, 3.05) is 6.61 Å². The Morgan fingerprint density at radius 1 is 1.29 bits per heavy atom. The summed E-state index contributed by atoms with van der Waals surface area (Å²) in [6, 6.07) is 8.94. The van der Waals surface area contributed by atoms with Crippen LogP contribution in [0.1, 0.15) is 25.8 Å². The lowest BCUT2D eigenvalue weighted by Crippen LogP contribution is -2.67. The Morgan fingerprint density at radius 3 is 2.54 bits per heavy atom. The molecular formula is C18H24O6. The maximum atomic E-state index is 10.9. The van der Waals surface area contributed by atoms with Crippen LogP contribution < -0.4 is 0 Å². The minimum Gasteiger partial charge on any atom is -0.394 e. The molecule has 0 radical (unpaired) electrons. The minimum absolute atomic E-state index is 0.262. The summed E-state index contributed by atoms with van der Waals surface area (Å²) in [6.07, 6.45) is -5.09. The van der Waals surface area contributed by atoms with Gasteiger partial charge in [0.15, 0.2) is 0 Å². The molecule has 1 heterocycles. The molecule has 1 aliphatic heterocycles. The summed E-state index contributed by atoms with van der Waals surface area (Å²) in [5.74, 6) is 5.35. The first kappa shape index (κ1) is 18.9. The fraction of sp³-hybridized carbons (Fsp3) is 0.556. The molecular weight excluding hydrogens is 312 g/mol. The first-order valence-corrected chi connectivity index (χ1v) is 8.00. The van der Waals surface area contributed by atoms with Gasteiger partial charge in [-0.2, -0.15) is 0 Å². The number of hydrogen-bond acceptors (Lipinski definition) is 6. The second-order valence-corrected chi connectivity index (χ2v) is 5.92. The van der Waals surface area contributed by atoms with E-state index in [1.54, 1.807) is 31.2 Å². The molecule has 6 nitrogen and oxygen atoms in total. The molecule has 1 aromatic rings. The van der Waals surface area contributed by atoms with Crippen LogP contribution in [0.25, 0.3) is 0 Å². The third-order valence-electron chi connectivity index (χ3n) is 4.10. The Labute approximate surface area is 141 Å². The topological polar surface area (TPSA) is 99.4 Å². The normalized spacial score (nSPS) is 34.2. The molecule has 1 saturated heterocycles. The Morgan fingerprint density at radius 2 is 1.96 bits per heavy atom. The molecule has 1 fully saturated rings. The Balaban J connectivity index is 2.34. The number of benzene rings is 1. The highest BCUT2D eigenvalue weighted by Gasteiger charge is 2.55. The van der Waals surface area contributed by atoms with Crippen LogP contribution >= 0.6 is 0 Å². The molecule has 0 spiro atoms. The van der Waals surface area contributed by atoms with Gasteiger partial charge in [-0.1, -0.05) is 37.0 Å². The summed E-state index contributed by atoms with van der Waals surface area (Å²) >= 11 is 0. The van der Waals surface area contributed by atoms with Crippen molar-refractivity contribution < 1.29 is 29.9 Å². The molecule has 4 N–H and O–H groups in total. The van der Waals surface area contributed by atoms with Crippen molar-refractivity contribution in [3.8, 4) is 11.8 Å². The number of ether oxygens (including phenoxy) is 2. The van der Waals surface area contributed by atoms with Gasteiger partial charge >= 0.3 is 0 Å². The summed E-state index contributed by atoms with van der Waals surface area (Å²) in [6.45, 7) is 3.18. The maximum absolute atomic E-state index is 10.9. The van der Waals surface area contributed by atoms with Crippen LogP contribution in [-0.2, 0) is 9.47 Å². The van der Waals surface area contributed by atoms with Gasteiger partial charge in [0, 0.05) is 5.56 Å². The van der Waals surface area contributed by atoms with E-state index < -0.39 is 36.8 Å². The Hall–Kier alpha value is -1.46. The molecule has 1 aromatic carbocycles. The number of aliphatic hydroxyl groups is 4. The van der Waals surface area contributed by atoms with Gasteiger partial charge in [-0.25, -0.2) is 0 Å². The van der Waals surface area contributed by atoms with Crippen molar-refractivity contribution in [2.45, 2.75) is 56.6 Å². The van der Waals surface area contributed by atoms with E-state index in [2.05, 4.69) is 11.8 Å². The summed E-state index contributed by atoms with van der Waals surface area (Å²) in [5.41, 5.74) is -1.48. The van der Waals surface area contributed by atoms with Crippen LogP contribution in [0.5, 0.6) is 0 Å². The van der Waals surface area contributed by atoms with Crippen LogP contribution in [0.15, 0.2) is 30.3 Å². The second-order valence-electron chi connectivity index (χ2n) is 5.92. The zero-order chi connectivity index (χ0) is 17.7. The second kappa shape index (κ2) is 8.08. The molecule has 6 atom stereocenters. The quantitative estimate of drug-likeness (QED) is 0.579. The molecule has 132 valence electrons. The highest BCUT2D eigenvalue weighted by molar-refractivity contribution is 5.37. The van der Waals surface area contributed by atoms with E-state index in [-0.39, 0.29) is 6.10 Å². The summed E-state index contributed by atoms with van der Waals surface area (Å²) in [5, 5.41) is 40.6. The Bertz CT molecular complexity index is 580. The fourth-order valence-electron chi connectivity index (χ4n) is 2.37. The van der Waals surface area contributed by atoms with E-state index in [9.17, 15) is 20.4 Å². The molecule has 0 amide bonds. The lowest BCUT2D eigenvalue weighted by molar-refractivity contribution is -0.332. The third-order valence-corrected chi connectivity index (χ3v) is 4.10. The van der Waals surface area contributed by atoms with Crippen molar-refractivity contribution in [1.82, 2.24) is 0 Å². The minimum atomic E-state index is -2.12. The van der Waals surface area contributed by atoms with Crippen molar-refractivity contribution in [2.24, 2.45) is 0 Å². The summed E-state index contributed by atoms with van der Waals surface area (Å²) in [7, 11) is 0. The lowest BCUT2D eigenvalue weighted by Gasteiger charge is -2.45. The van der Waals surface area contributed by atoms with Gasteiger partial charge < -0.3 is 29.9 Å². The molecule has 0 aromatic heterocycles. The molecule has 0 saturated carbocycles. The zero-order valence-electron chi connectivity index (χ0n) is 13.8. The lowest BCUT2D eigenvalue weighted by atomic mass is 9.86. The van der Waals surface area contributed by atoms with Gasteiger partial charge in [0.2, 0.25) is 11.9 Å². The largest absolute Gasteiger partial charge is 0.394 e. The predicted molar refractivity (Wildman–Crippen MR) is 86.9 cm³/mol. The van der Waals surface area contributed by atoms with Gasteiger partial charge in [0.1, 0.15) is 18.3 Å². The third kappa shape index (κ3) is 3.95. The van der Waals surface area contributed by atoms with E-state index >= 15 is 0 Å². The highest BCUT2D eigenvalue weighted by atomic mass is 16.7. The number of aliphatic hydroxyl groups excluding tert-OH is 3. The molecule has 1 aliphatic rings. The van der Waals surface area contributed by atoms with Crippen molar-refractivity contribution in [1.29, 1.82) is 0 Å². The molecule has 6 heteroatoms. The summed E-state index contributed by atoms with van der Waals surface area (Å²) in [4.78, 5) is 0. The molecule has 24 heavy (non-hydrogen) atoms. The van der Waals surface area contributed by atoms with E-state index in [1.165, 1.54) is 0 Å². The van der Waals surface area contributed by atoms with E-state index in [1.807, 2.05) is 13.0 Å². The number of rotatable bonds is 4. The van der Waals surface area contributed by atoms with Crippen LogP contribution in [0.3, 0.4) is 0 Å². The monoisotopic (exact) mass is 336 g/mol. The van der Waals surface area contributed by atoms with Gasteiger partial charge in [-0.05, 0) is 25.5 Å². The van der Waals surface area contributed by atoms with Crippen LogP contribution in [0.2, 0.25) is 0 Å². The number of hydrogen-bond donors (Lipinski definition) is 4. The first-order valence-electron chi connectivity index (χ1n) is 8.00. The zero-order valence-corrected chi connectivity index (χ0v) is 13.8.